The van der Waals surface area contributed by atoms with Crippen molar-refractivity contribution < 1.29 is 28.6 Å². The Morgan fingerprint density at radius 3 is 0.875 bits per heavy atom. The second kappa shape index (κ2) is 53.5. The van der Waals surface area contributed by atoms with Crippen molar-refractivity contribution in [3.8, 4) is 0 Å². The summed E-state index contributed by atoms with van der Waals surface area (Å²) in [5.41, 5.74) is 0. The van der Waals surface area contributed by atoms with E-state index in [9.17, 15) is 14.4 Å². The molecule has 0 amide bonds. The first kappa shape index (κ1) is 61.9. The van der Waals surface area contributed by atoms with Gasteiger partial charge in [-0.15, -0.1) is 0 Å². The van der Waals surface area contributed by atoms with Crippen LogP contribution in [0, 0.1) is 0 Å². The Morgan fingerprint density at radius 1 is 0.312 bits per heavy atom. The molecule has 0 rings (SSSR count). The maximum Gasteiger partial charge on any atom is 0.306 e. The standard InChI is InChI=1S/C58H108O6/c1-4-7-10-13-15-17-19-21-23-25-26-27-28-29-30-31-32-33-35-36-38-40-42-45-48-51-57(60)63-54-55(53-62-56(59)50-47-44-12-9-6-3)64-58(61)52-49-46-43-41-39-37-34-24-22-20-18-16-14-11-8-5-2/h18,20,24,34,55H,4-17,19,21-23,25-33,35-54H2,1-3H3/b20-18-,34-24-. The van der Waals surface area contributed by atoms with Crippen LogP contribution >= 0.6 is 0 Å². The van der Waals surface area contributed by atoms with Gasteiger partial charge in [-0.3, -0.25) is 14.4 Å². The van der Waals surface area contributed by atoms with E-state index in [0.29, 0.717) is 19.3 Å². The van der Waals surface area contributed by atoms with Gasteiger partial charge in [-0.2, -0.15) is 0 Å². The first-order chi connectivity index (χ1) is 31.5. The van der Waals surface area contributed by atoms with E-state index in [4.69, 9.17) is 14.2 Å². The zero-order valence-electron chi connectivity index (χ0n) is 43.1. The lowest BCUT2D eigenvalue weighted by Gasteiger charge is -2.18. The van der Waals surface area contributed by atoms with E-state index in [2.05, 4.69) is 45.1 Å². The molecule has 0 fully saturated rings. The zero-order valence-corrected chi connectivity index (χ0v) is 43.1. The second-order valence-corrected chi connectivity index (χ2v) is 19.2. The highest BCUT2D eigenvalue weighted by Gasteiger charge is 2.19. The van der Waals surface area contributed by atoms with E-state index in [-0.39, 0.29) is 31.1 Å². The lowest BCUT2D eigenvalue weighted by Crippen LogP contribution is -2.30. The van der Waals surface area contributed by atoms with Gasteiger partial charge in [0.15, 0.2) is 6.10 Å². The highest BCUT2D eigenvalue weighted by molar-refractivity contribution is 5.71. The van der Waals surface area contributed by atoms with Gasteiger partial charge in [-0.25, -0.2) is 0 Å². The van der Waals surface area contributed by atoms with Gasteiger partial charge in [0, 0.05) is 19.3 Å². The van der Waals surface area contributed by atoms with Crippen LogP contribution in [0.25, 0.3) is 0 Å². The van der Waals surface area contributed by atoms with Crippen LogP contribution in [-0.2, 0) is 28.6 Å². The summed E-state index contributed by atoms with van der Waals surface area (Å²) in [6.07, 6.45) is 62.2. The molecule has 0 saturated heterocycles. The average Bonchev–Trinajstić information content (AvgIpc) is 3.29. The molecule has 1 unspecified atom stereocenters. The number of unbranched alkanes of at least 4 members (excludes halogenated alkanes) is 37. The van der Waals surface area contributed by atoms with Crippen molar-refractivity contribution in [1.29, 1.82) is 0 Å². The molecule has 6 nitrogen and oxygen atoms in total. The van der Waals surface area contributed by atoms with Gasteiger partial charge in [0.25, 0.3) is 0 Å². The first-order valence-electron chi connectivity index (χ1n) is 28.3. The Balaban J connectivity index is 4.02. The molecular formula is C58H108O6. The molecule has 376 valence electrons. The minimum absolute atomic E-state index is 0.0734. The molecule has 0 aliphatic rings. The Hall–Kier alpha value is -2.11. The number of esters is 3. The quantitative estimate of drug-likeness (QED) is 0.0262. The van der Waals surface area contributed by atoms with Crippen LogP contribution in [0.5, 0.6) is 0 Å². The summed E-state index contributed by atoms with van der Waals surface area (Å²) < 4.78 is 16.7. The number of allylic oxidation sites excluding steroid dienone is 4. The molecule has 1 atom stereocenters. The van der Waals surface area contributed by atoms with Gasteiger partial charge in [-0.05, 0) is 51.4 Å². The molecule has 0 aromatic rings. The van der Waals surface area contributed by atoms with E-state index in [0.717, 1.165) is 83.5 Å². The Bertz CT molecular complexity index is 1040. The fraction of sp³-hybridized carbons (Fsp3) is 0.879. The third-order valence-electron chi connectivity index (χ3n) is 12.7. The maximum atomic E-state index is 12.7. The Morgan fingerprint density at radius 2 is 0.562 bits per heavy atom. The molecule has 0 heterocycles. The van der Waals surface area contributed by atoms with E-state index in [1.165, 1.54) is 186 Å². The van der Waals surface area contributed by atoms with Crippen molar-refractivity contribution in [2.75, 3.05) is 13.2 Å². The normalized spacial score (nSPS) is 12.1. The van der Waals surface area contributed by atoms with Gasteiger partial charge in [-0.1, -0.05) is 263 Å². The minimum atomic E-state index is -0.771. The summed E-state index contributed by atoms with van der Waals surface area (Å²) in [6, 6.07) is 0. The molecule has 0 aliphatic carbocycles. The average molecular weight is 901 g/mol. The van der Waals surface area contributed by atoms with E-state index in [1.54, 1.807) is 0 Å². The number of carbonyl (C=O) groups excluding carboxylic acids is 3. The van der Waals surface area contributed by atoms with E-state index < -0.39 is 6.10 Å². The van der Waals surface area contributed by atoms with Gasteiger partial charge in [0.05, 0.1) is 0 Å². The number of hydrogen-bond acceptors (Lipinski definition) is 6. The first-order valence-corrected chi connectivity index (χ1v) is 28.3. The van der Waals surface area contributed by atoms with Crippen LogP contribution in [0.2, 0.25) is 0 Å². The number of carbonyl (C=O) groups is 3. The largest absolute Gasteiger partial charge is 0.462 e. The van der Waals surface area contributed by atoms with Crippen molar-refractivity contribution >= 4 is 17.9 Å². The van der Waals surface area contributed by atoms with Crippen LogP contribution < -0.4 is 0 Å². The summed E-state index contributed by atoms with van der Waals surface area (Å²) in [7, 11) is 0. The van der Waals surface area contributed by atoms with E-state index in [1.807, 2.05) is 0 Å². The van der Waals surface area contributed by atoms with Gasteiger partial charge in [0.1, 0.15) is 13.2 Å². The fourth-order valence-corrected chi connectivity index (χ4v) is 8.42. The predicted molar refractivity (Wildman–Crippen MR) is 275 cm³/mol. The molecule has 64 heavy (non-hydrogen) atoms. The topological polar surface area (TPSA) is 78.9 Å². The van der Waals surface area contributed by atoms with Crippen LogP contribution in [-0.4, -0.2) is 37.2 Å². The third kappa shape index (κ3) is 50.9. The minimum Gasteiger partial charge on any atom is -0.462 e. The lowest BCUT2D eigenvalue weighted by atomic mass is 10.0. The molecule has 0 bridgehead atoms. The summed E-state index contributed by atoms with van der Waals surface area (Å²) in [4.78, 5) is 37.7. The molecular weight excluding hydrogens is 793 g/mol. The van der Waals surface area contributed by atoms with Gasteiger partial charge >= 0.3 is 17.9 Å². The number of hydrogen-bond donors (Lipinski definition) is 0. The lowest BCUT2D eigenvalue weighted by molar-refractivity contribution is -0.167. The Kier molecular flexibility index (Phi) is 51.7. The monoisotopic (exact) mass is 901 g/mol. The molecule has 0 aliphatic heterocycles. The van der Waals surface area contributed by atoms with Crippen LogP contribution in [0.4, 0.5) is 0 Å². The number of ether oxygens (including phenoxy) is 3. The molecule has 0 aromatic heterocycles. The molecule has 0 aromatic carbocycles. The van der Waals surface area contributed by atoms with Gasteiger partial charge in [0.2, 0.25) is 0 Å². The van der Waals surface area contributed by atoms with Crippen molar-refractivity contribution in [1.82, 2.24) is 0 Å². The fourth-order valence-electron chi connectivity index (χ4n) is 8.42. The second-order valence-electron chi connectivity index (χ2n) is 19.2. The van der Waals surface area contributed by atoms with Crippen molar-refractivity contribution in [2.45, 2.75) is 316 Å². The summed E-state index contributed by atoms with van der Waals surface area (Å²) in [5.74, 6) is -0.886. The van der Waals surface area contributed by atoms with Crippen molar-refractivity contribution in [2.24, 2.45) is 0 Å². The molecule has 0 radical (unpaired) electrons. The zero-order chi connectivity index (χ0) is 46.5. The molecule has 0 spiro atoms. The van der Waals surface area contributed by atoms with Crippen molar-refractivity contribution in [3.63, 3.8) is 0 Å². The third-order valence-corrected chi connectivity index (χ3v) is 12.7. The predicted octanol–water partition coefficient (Wildman–Crippen LogP) is 18.7. The summed E-state index contributed by atoms with van der Waals surface area (Å²) >= 11 is 0. The van der Waals surface area contributed by atoms with Crippen LogP contribution in [0.15, 0.2) is 24.3 Å². The SMILES string of the molecule is CCCCCC/C=C\C/C=C\CCCCCCCC(=O)OC(COC(=O)CCCCCCC)COC(=O)CCCCCCCCCCCCCCCCCCCCCCCCCCC. The summed E-state index contributed by atoms with van der Waals surface area (Å²) in [6.45, 7) is 6.57. The molecule has 0 N–H and O–H groups in total. The highest BCUT2D eigenvalue weighted by atomic mass is 16.6. The Labute approximate surface area is 398 Å². The van der Waals surface area contributed by atoms with Crippen LogP contribution in [0.3, 0.4) is 0 Å². The smallest absolute Gasteiger partial charge is 0.306 e. The molecule has 0 saturated carbocycles. The molecule has 6 heteroatoms. The number of rotatable bonds is 52. The van der Waals surface area contributed by atoms with Crippen LogP contribution in [0.1, 0.15) is 310 Å². The van der Waals surface area contributed by atoms with Gasteiger partial charge < -0.3 is 14.2 Å². The van der Waals surface area contributed by atoms with E-state index >= 15 is 0 Å². The maximum absolute atomic E-state index is 12.7. The summed E-state index contributed by atoms with van der Waals surface area (Å²) in [5, 5.41) is 0. The van der Waals surface area contributed by atoms with Crippen molar-refractivity contribution in [3.05, 3.63) is 24.3 Å². The highest BCUT2D eigenvalue weighted by Crippen LogP contribution is 2.17.